The van der Waals surface area contributed by atoms with Gasteiger partial charge in [0.15, 0.2) is 0 Å². The van der Waals surface area contributed by atoms with Gasteiger partial charge in [0.2, 0.25) is 0 Å². The number of halogens is 1. The van der Waals surface area contributed by atoms with Crippen molar-refractivity contribution >= 4 is 38.9 Å². The van der Waals surface area contributed by atoms with Crippen LogP contribution in [0.5, 0.6) is 0 Å². The van der Waals surface area contributed by atoms with Gasteiger partial charge in [-0.05, 0) is 53.5 Å². The first-order valence-corrected chi connectivity index (χ1v) is 7.91. The topological polar surface area (TPSA) is 41.5 Å². The minimum Gasteiger partial charge on any atom is -0.267 e. The second-order valence-corrected chi connectivity index (χ2v) is 6.26. The zero-order valence-electron chi connectivity index (χ0n) is 11.3. The maximum Gasteiger partial charge on any atom is 0.272 e. The third-order valence-corrected chi connectivity index (χ3v) is 4.84. The molecule has 1 heterocycles. The van der Waals surface area contributed by atoms with E-state index in [2.05, 4.69) is 39.4 Å². The Labute approximate surface area is 130 Å². The molecular weight excluding hydrogens is 336 g/mol. The summed E-state index contributed by atoms with van der Waals surface area (Å²) in [4.78, 5) is 14.4. The molecule has 2 aromatic rings. The summed E-state index contributed by atoms with van der Waals surface area (Å²) in [6, 6.07) is 11.4. The van der Waals surface area contributed by atoms with Gasteiger partial charge in [-0.25, -0.2) is 5.43 Å². The van der Waals surface area contributed by atoms with Gasteiger partial charge in [0, 0.05) is 9.35 Å². The maximum absolute atomic E-state index is 12.0. The van der Waals surface area contributed by atoms with E-state index >= 15 is 0 Å². The summed E-state index contributed by atoms with van der Waals surface area (Å²) in [5, 5.41) is 4.17. The minimum absolute atomic E-state index is 0.218. The predicted molar refractivity (Wildman–Crippen MR) is 87.5 cm³/mol. The van der Waals surface area contributed by atoms with Crippen molar-refractivity contribution in [3.8, 4) is 0 Å². The highest BCUT2D eigenvalue weighted by molar-refractivity contribution is 9.10. The van der Waals surface area contributed by atoms with Crippen LogP contribution in [0.3, 0.4) is 0 Å². The molecule has 3 nitrogen and oxygen atoms in total. The van der Waals surface area contributed by atoms with Crippen molar-refractivity contribution in [2.45, 2.75) is 20.3 Å². The van der Waals surface area contributed by atoms with E-state index in [1.54, 1.807) is 17.4 Å². The van der Waals surface area contributed by atoms with E-state index in [1.165, 1.54) is 4.88 Å². The van der Waals surface area contributed by atoms with Crippen molar-refractivity contribution in [3.05, 3.63) is 56.2 Å². The molecule has 0 aliphatic carbocycles. The largest absolute Gasteiger partial charge is 0.272 e. The third kappa shape index (κ3) is 3.55. The van der Waals surface area contributed by atoms with E-state index in [0.29, 0.717) is 5.56 Å². The maximum atomic E-state index is 12.0. The highest BCUT2D eigenvalue weighted by Crippen LogP contribution is 2.18. The smallest absolute Gasteiger partial charge is 0.267 e. The third-order valence-electron chi connectivity index (χ3n) is 2.81. The summed E-state index contributed by atoms with van der Waals surface area (Å²) in [5.74, 6) is -0.218. The van der Waals surface area contributed by atoms with Crippen LogP contribution >= 0.6 is 27.3 Å². The van der Waals surface area contributed by atoms with Crippen LogP contribution in [0.1, 0.15) is 34.0 Å². The van der Waals surface area contributed by atoms with E-state index < -0.39 is 0 Å². The molecule has 0 aliphatic heterocycles. The van der Waals surface area contributed by atoms with Crippen LogP contribution in [0.2, 0.25) is 0 Å². The first-order chi connectivity index (χ1) is 9.61. The molecule has 104 valence electrons. The average molecular weight is 351 g/mol. The quantitative estimate of drug-likeness (QED) is 0.650. The lowest BCUT2D eigenvalue weighted by molar-refractivity contribution is 0.0954. The van der Waals surface area contributed by atoms with Crippen molar-refractivity contribution in [3.63, 3.8) is 0 Å². The second-order valence-electron chi connectivity index (χ2n) is 4.24. The zero-order valence-corrected chi connectivity index (χ0v) is 13.7. The molecule has 0 atom stereocenters. The van der Waals surface area contributed by atoms with Crippen molar-refractivity contribution in [2.24, 2.45) is 5.10 Å². The Morgan fingerprint density at radius 2 is 2.05 bits per heavy atom. The summed E-state index contributed by atoms with van der Waals surface area (Å²) in [6.07, 6.45) is 1.02. The Hall–Kier alpha value is -1.46. The number of carbonyl (C=O) groups is 1. The van der Waals surface area contributed by atoms with Crippen molar-refractivity contribution in [2.75, 3.05) is 0 Å². The van der Waals surface area contributed by atoms with E-state index in [9.17, 15) is 4.79 Å². The van der Waals surface area contributed by atoms with E-state index in [4.69, 9.17) is 0 Å². The lowest BCUT2D eigenvalue weighted by Crippen LogP contribution is -2.19. The van der Waals surface area contributed by atoms with Gasteiger partial charge >= 0.3 is 0 Å². The number of nitrogens with one attached hydrogen (secondary N) is 1. The van der Waals surface area contributed by atoms with Crippen LogP contribution in [0, 0.1) is 0 Å². The molecule has 5 heteroatoms. The lowest BCUT2D eigenvalue weighted by Gasteiger charge is -2.03. The van der Waals surface area contributed by atoms with E-state index in [0.717, 1.165) is 21.5 Å². The standard InChI is InChI=1S/C15H15BrN2OS/c1-3-11-8-9-14(20-11)10(2)17-18-15(19)12-6-4-5-7-13(12)16/h4-9H,3H2,1-2H3,(H,18,19). The molecule has 1 amide bonds. The molecule has 0 spiro atoms. The molecule has 2 rings (SSSR count). The Kier molecular flexibility index (Phi) is 5.09. The van der Waals surface area contributed by atoms with Crippen molar-refractivity contribution in [1.29, 1.82) is 0 Å². The summed E-state index contributed by atoms with van der Waals surface area (Å²) < 4.78 is 0.759. The number of aryl methyl sites for hydroxylation is 1. The number of benzene rings is 1. The van der Waals surface area contributed by atoms with Gasteiger partial charge in [-0.3, -0.25) is 4.79 Å². The Morgan fingerprint density at radius 3 is 2.70 bits per heavy atom. The number of amides is 1. The van der Waals surface area contributed by atoms with Gasteiger partial charge < -0.3 is 0 Å². The molecule has 0 unspecified atom stereocenters. The van der Waals surface area contributed by atoms with Crippen LogP contribution in [0.15, 0.2) is 46.0 Å². The molecule has 0 bridgehead atoms. The normalized spacial score (nSPS) is 11.4. The number of hydrazone groups is 1. The van der Waals surface area contributed by atoms with Gasteiger partial charge in [-0.1, -0.05) is 19.1 Å². The van der Waals surface area contributed by atoms with Gasteiger partial charge in [-0.2, -0.15) is 5.10 Å². The summed E-state index contributed by atoms with van der Waals surface area (Å²) in [5.41, 5.74) is 3.98. The molecule has 1 N–H and O–H groups in total. The molecule has 0 saturated carbocycles. The highest BCUT2D eigenvalue weighted by Gasteiger charge is 2.08. The van der Waals surface area contributed by atoms with Crippen LogP contribution in [-0.4, -0.2) is 11.6 Å². The van der Waals surface area contributed by atoms with Crippen LogP contribution in [-0.2, 0) is 6.42 Å². The SMILES string of the molecule is CCc1ccc(C(C)=NNC(=O)c2ccccc2Br)s1. The first kappa shape index (κ1) is 14.9. The van der Waals surface area contributed by atoms with E-state index in [1.807, 2.05) is 31.2 Å². The average Bonchev–Trinajstić information content (AvgIpc) is 2.94. The molecule has 1 aromatic heterocycles. The Morgan fingerprint density at radius 1 is 1.30 bits per heavy atom. The predicted octanol–water partition coefficient (Wildman–Crippen LogP) is 4.23. The lowest BCUT2D eigenvalue weighted by atomic mass is 10.2. The molecule has 0 radical (unpaired) electrons. The van der Waals surface area contributed by atoms with Gasteiger partial charge in [0.25, 0.3) is 5.91 Å². The molecule has 20 heavy (non-hydrogen) atoms. The van der Waals surface area contributed by atoms with Gasteiger partial charge in [0.1, 0.15) is 0 Å². The molecule has 1 aromatic carbocycles. The number of thiophene rings is 1. The zero-order chi connectivity index (χ0) is 14.5. The van der Waals surface area contributed by atoms with E-state index in [-0.39, 0.29) is 5.91 Å². The second kappa shape index (κ2) is 6.81. The fraction of sp³-hybridized carbons (Fsp3) is 0.200. The molecular formula is C15H15BrN2OS. The fourth-order valence-corrected chi connectivity index (χ4v) is 3.01. The summed E-state index contributed by atoms with van der Waals surface area (Å²) in [7, 11) is 0. The van der Waals surface area contributed by atoms with Crippen molar-refractivity contribution in [1.82, 2.24) is 5.43 Å². The summed E-state index contributed by atoms with van der Waals surface area (Å²) in [6.45, 7) is 4.02. The number of carbonyl (C=O) groups excluding carboxylic acids is 1. The van der Waals surface area contributed by atoms with Crippen LogP contribution in [0.4, 0.5) is 0 Å². The van der Waals surface area contributed by atoms with Crippen LogP contribution < -0.4 is 5.43 Å². The minimum atomic E-state index is -0.218. The molecule has 0 fully saturated rings. The first-order valence-electron chi connectivity index (χ1n) is 6.30. The van der Waals surface area contributed by atoms with Gasteiger partial charge in [-0.15, -0.1) is 11.3 Å². The van der Waals surface area contributed by atoms with Gasteiger partial charge in [0.05, 0.1) is 16.2 Å². The Balaban J connectivity index is 2.09. The monoisotopic (exact) mass is 350 g/mol. The summed E-state index contributed by atoms with van der Waals surface area (Å²) >= 11 is 5.05. The highest BCUT2D eigenvalue weighted by atomic mass is 79.9. The molecule has 0 aliphatic rings. The fourth-order valence-electron chi connectivity index (χ4n) is 1.66. The Bertz CT molecular complexity index is 649. The van der Waals surface area contributed by atoms with Crippen LogP contribution in [0.25, 0.3) is 0 Å². The van der Waals surface area contributed by atoms with Crippen molar-refractivity contribution < 1.29 is 4.79 Å². The number of nitrogens with zero attached hydrogens (tertiary/aromatic N) is 1. The number of rotatable bonds is 4. The molecule has 0 saturated heterocycles. The number of hydrogen-bond donors (Lipinski definition) is 1. The number of hydrogen-bond acceptors (Lipinski definition) is 3.